The number of halogens is 1. The highest BCUT2D eigenvalue weighted by Crippen LogP contribution is 2.17. The summed E-state index contributed by atoms with van der Waals surface area (Å²) in [6.07, 6.45) is 0. The number of hydrogen-bond acceptors (Lipinski definition) is 3. The molecule has 1 rings (SSSR count). The molecule has 4 nitrogen and oxygen atoms in total. The molecule has 0 spiro atoms. The van der Waals surface area contributed by atoms with Gasteiger partial charge in [0.25, 0.3) is 0 Å². The molecule has 1 amide bonds. The Morgan fingerprint density at radius 3 is 3.00 bits per heavy atom. The van der Waals surface area contributed by atoms with Crippen LogP contribution < -0.4 is 11.1 Å². The molecule has 5 heteroatoms. The minimum absolute atomic E-state index is 0.0403. The monoisotopic (exact) mass is 300 g/mol. The third-order valence-corrected chi connectivity index (χ3v) is 2.71. The first-order valence-corrected chi connectivity index (χ1v) is 6.25. The minimum atomic E-state index is -0.133. The maximum absolute atomic E-state index is 11.5. The summed E-state index contributed by atoms with van der Waals surface area (Å²) < 4.78 is 6.05. The average Bonchev–Trinajstić information content (AvgIpc) is 2.29. The van der Waals surface area contributed by atoms with Crippen LogP contribution in [0.4, 0.5) is 0 Å². The lowest BCUT2D eigenvalue weighted by Gasteiger charge is -2.14. The molecule has 0 unspecified atom stereocenters. The summed E-state index contributed by atoms with van der Waals surface area (Å²) in [7, 11) is 0. The van der Waals surface area contributed by atoms with E-state index in [0.717, 1.165) is 10.0 Å². The molecule has 1 atom stereocenters. The molecule has 0 radical (unpaired) electrons. The number of ether oxygens (including phenoxy) is 1. The van der Waals surface area contributed by atoms with E-state index in [1.807, 2.05) is 31.2 Å². The van der Waals surface area contributed by atoms with Crippen molar-refractivity contribution in [2.45, 2.75) is 13.0 Å². The van der Waals surface area contributed by atoms with Gasteiger partial charge in [0.2, 0.25) is 5.91 Å². The van der Waals surface area contributed by atoms with Crippen molar-refractivity contribution in [2.75, 3.05) is 19.8 Å². The number of nitrogens with two attached hydrogens (primary N) is 1. The Balaban J connectivity index is 2.43. The minimum Gasteiger partial charge on any atom is -0.370 e. The van der Waals surface area contributed by atoms with Crippen molar-refractivity contribution in [3.63, 3.8) is 0 Å². The summed E-state index contributed by atoms with van der Waals surface area (Å²) in [6, 6.07) is 7.79. The first-order chi connectivity index (χ1) is 8.13. The van der Waals surface area contributed by atoms with Crippen LogP contribution in [-0.2, 0) is 9.53 Å². The van der Waals surface area contributed by atoms with E-state index in [-0.39, 0.29) is 18.6 Å². The van der Waals surface area contributed by atoms with Gasteiger partial charge in [0.05, 0.1) is 12.6 Å². The second-order valence-electron chi connectivity index (χ2n) is 3.69. The van der Waals surface area contributed by atoms with Crippen LogP contribution in [0.1, 0.15) is 18.5 Å². The normalized spacial score (nSPS) is 12.2. The molecule has 0 aromatic heterocycles. The van der Waals surface area contributed by atoms with Crippen molar-refractivity contribution in [2.24, 2.45) is 5.73 Å². The summed E-state index contributed by atoms with van der Waals surface area (Å²) in [6.45, 7) is 2.81. The van der Waals surface area contributed by atoms with Crippen molar-refractivity contribution in [1.29, 1.82) is 0 Å². The average molecular weight is 301 g/mol. The van der Waals surface area contributed by atoms with Crippen molar-refractivity contribution in [3.05, 3.63) is 34.3 Å². The van der Waals surface area contributed by atoms with Gasteiger partial charge in [0.1, 0.15) is 6.61 Å². The highest BCUT2D eigenvalue weighted by Gasteiger charge is 2.09. The second-order valence-corrected chi connectivity index (χ2v) is 4.60. The number of rotatable bonds is 6. The summed E-state index contributed by atoms with van der Waals surface area (Å²) >= 11 is 3.40. The van der Waals surface area contributed by atoms with E-state index in [9.17, 15) is 4.79 Å². The van der Waals surface area contributed by atoms with Crippen LogP contribution in [0.2, 0.25) is 0 Å². The Hall–Kier alpha value is -0.910. The topological polar surface area (TPSA) is 64.3 Å². The Bertz CT molecular complexity index is 371. The fourth-order valence-electron chi connectivity index (χ4n) is 1.39. The zero-order chi connectivity index (χ0) is 12.7. The van der Waals surface area contributed by atoms with Crippen molar-refractivity contribution < 1.29 is 9.53 Å². The quantitative estimate of drug-likeness (QED) is 0.785. The van der Waals surface area contributed by atoms with Crippen molar-refractivity contribution in [3.8, 4) is 0 Å². The van der Waals surface area contributed by atoms with Crippen LogP contribution in [-0.4, -0.2) is 25.7 Å². The van der Waals surface area contributed by atoms with E-state index in [1.54, 1.807) is 0 Å². The molecule has 0 saturated carbocycles. The second kappa shape index (κ2) is 7.42. The Morgan fingerprint density at radius 1 is 1.59 bits per heavy atom. The van der Waals surface area contributed by atoms with E-state index >= 15 is 0 Å². The van der Waals surface area contributed by atoms with E-state index in [2.05, 4.69) is 21.2 Å². The molecule has 0 fully saturated rings. The third kappa shape index (κ3) is 5.30. The van der Waals surface area contributed by atoms with Gasteiger partial charge in [0, 0.05) is 11.0 Å². The van der Waals surface area contributed by atoms with Crippen LogP contribution in [0.5, 0.6) is 0 Å². The lowest BCUT2D eigenvalue weighted by Crippen LogP contribution is -2.30. The molecule has 94 valence electrons. The maximum atomic E-state index is 11.5. The van der Waals surface area contributed by atoms with Gasteiger partial charge in [-0.15, -0.1) is 0 Å². The summed E-state index contributed by atoms with van der Waals surface area (Å²) in [4.78, 5) is 11.5. The van der Waals surface area contributed by atoms with Crippen LogP contribution in [0.25, 0.3) is 0 Å². The van der Waals surface area contributed by atoms with E-state index in [1.165, 1.54) is 0 Å². The fourth-order valence-corrected chi connectivity index (χ4v) is 1.81. The van der Waals surface area contributed by atoms with Crippen molar-refractivity contribution in [1.82, 2.24) is 5.32 Å². The predicted molar refractivity (Wildman–Crippen MR) is 70.6 cm³/mol. The van der Waals surface area contributed by atoms with Gasteiger partial charge in [-0.05, 0) is 24.6 Å². The van der Waals surface area contributed by atoms with Crippen molar-refractivity contribution >= 4 is 21.8 Å². The molecule has 17 heavy (non-hydrogen) atoms. The molecule has 0 aliphatic rings. The Labute approximate surface area is 110 Å². The smallest absolute Gasteiger partial charge is 0.246 e. The van der Waals surface area contributed by atoms with Gasteiger partial charge < -0.3 is 15.8 Å². The number of carbonyl (C=O) groups is 1. The zero-order valence-electron chi connectivity index (χ0n) is 9.78. The first kappa shape index (κ1) is 14.2. The fraction of sp³-hybridized carbons (Fsp3) is 0.417. The van der Waals surface area contributed by atoms with Gasteiger partial charge in [-0.25, -0.2) is 0 Å². The lowest BCUT2D eigenvalue weighted by molar-refractivity contribution is -0.126. The highest BCUT2D eigenvalue weighted by molar-refractivity contribution is 9.10. The summed E-state index contributed by atoms with van der Waals surface area (Å²) in [5, 5.41) is 2.86. The molecule has 0 heterocycles. The number of nitrogens with one attached hydrogen (secondary N) is 1. The van der Waals surface area contributed by atoms with Gasteiger partial charge >= 0.3 is 0 Å². The summed E-state index contributed by atoms with van der Waals surface area (Å²) in [5.41, 5.74) is 6.31. The third-order valence-electron chi connectivity index (χ3n) is 2.22. The zero-order valence-corrected chi connectivity index (χ0v) is 11.4. The van der Waals surface area contributed by atoms with Crippen LogP contribution in [0.3, 0.4) is 0 Å². The Kier molecular flexibility index (Phi) is 6.18. The molecule has 0 bridgehead atoms. The lowest BCUT2D eigenvalue weighted by atomic mass is 10.1. The van der Waals surface area contributed by atoms with E-state index in [0.29, 0.717) is 13.2 Å². The standard InChI is InChI=1S/C12H17BrN2O2/c1-9(10-3-2-4-11(13)7-10)15-12(16)8-17-6-5-14/h2-4,7,9H,5-6,8,14H2,1H3,(H,15,16)/t9-/m1/s1. The largest absolute Gasteiger partial charge is 0.370 e. The molecular weight excluding hydrogens is 284 g/mol. The number of amides is 1. The summed E-state index contributed by atoms with van der Waals surface area (Å²) in [5.74, 6) is -0.133. The maximum Gasteiger partial charge on any atom is 0.246 e. The van der Waals surface area contributed by atoms with Crippen LogP contribution in [0.15, 0.2) is 28.7 Å². The number of benzene rings is 1. The first-order valence-electron chi connectivity index (χ1n) is 5.46. The molecule has 0 aliphatic carbocycles. The van der Waals surface area contributed by atoms with Gasteiger partial charge in [-0.2, -0.15) is 0 Å². The van der Waals surface area contributed by atoms with Gasteiger partial charge in [0.15, 0.2) is 0 Å². The van der Waals surface area contributed by atoms with E-state index < -0.39 is 0 Å². The number of carbonyl (C=O) groups excluding carboxylic acids is 1. The molecular formula is C12H17BrN2O2. The predicted octanol–water partition coefficient (Wildman–Crippen LogP) is 1.60. The van der Waals surface area contributed by atoms with Crippen LogP contribution in [0, 0.1) is 0 Å². The molecule has 0 saturated heterocycles. The molecule has 0 aliphatic heterocycles. The molecule has 1 aromatic carbocycles. The molecule has 3 N–H and O–H groups in total. The molecule has 1 aromatic rings. The highest BCUT2D eigenvalue weighted by atomic mass is 79.9. The number of hydrogen-bond donors (Lipinski definition) is 2. The Morgan fingerprint density at radius 2 is 2.35 bits per heavy atom. The van der Waals surface area contributed by atoms with E-state index in [4.69, 9.17) is 10.5 Å². The SMILES string of the molecule is C[C@@H](NC(=O)COCCN)c1cccc(Br)c1. The van der Waals surface area contributed by atoms with Gasteiger partial charge in [-0.1, -0.05) is 28.1 Å². The van der Waals surface area contributed by atoms with Gasteiger partial charge in [-0.3, -0.25) is 4.79 Å². The van der Waals surface area contributed by atoms with Crippen LogP contribution >= 0.6 is 15.9 Å².